The molecule has 0 saturated carbocycles. The molecule has 5 heteroatoms. The first kappa shape index (κ1) is 12.4. The second-order valence-electron chi connectivity index (χ2n) is 3.22. The zero-order valence-electron chi connectivity index (χ0n) is 8.67. The summed E-state index contributed by atoms with van der Waals surface area (Å²) in [4.78, 5) is 0. The van der Waals surface area contributed by atoms with Crippen LogP contribution in [0.25, 0.3) is 0 Å². The lowest BCUT2D eigenvalue weighted by Crippen LogP contribution is -2.13. The Morgan fingerprint density at radius 3 is 2.31 bits per heavy atom. The number of benzene rings is 1. The van der Waals surface area contributed by atoms with Gasteiger partial charge in [0.1, 0.15) is 0 Å². The Morgan fingerprint density at radius 2 is 1.88 bits per heavy atom. The summed E-state index contributed by atoms with van der Waals surface area (Å²) in [5.41, 5.74) is 3.04. The van der Waals surface area contributed by atoms with Gasteiger partial charge in [0.05, 0.1) is 16.8 Å². The van der Waals surface area contributed by atoms with Gasteiger partial charge in [-0.25, -0.2) is 4.39 Å². The van der Waals surface area contributed by atoms with E-state index in [9.17, 15) is 17.6 Å². The van der Waals surface area contributed by atoms with Crippen molar-refractivity contribution in [3.63, 3.8) is 0 Å². The molecule has 0 aliphatic carbocycles. The molecular weight excluding hydrogens is 222 g/mol. The van der Waals surface area contributed by atoms with Gasteiger partial charge in [0.15, 0.2) is 5.82 Å². The second-order valence-corrected chi connectivity index (χ2v) is 3.22. The van der Waals surface area contributed by atoms with Crippen molar-refractivity contribution >= 4 is 5.69 Å². The Hall–Kier alpha value is -1.70. The van der Waals surface area contributed by atoms with Crippen molar-refractivity contribution in [2.24, 2.45) is 0 Å². The van der Waals surface area contributed by atoms with Gasteiger partial charge in [0.25, 0.3) is 0 Å². The Balaban J connectivity index is 3.69. The number of halogens is 4. The number of aryl methyl sites for hydroxylation is 1. The zero-order chi connectivity index (χ0) is 12.5. The Labute approximate surface area is 90.3 Å². The predicted octanol–water partition coefficient (Wildman–Crippen LogP) is 3.11. The maximum Gasteiger partial charge on any atom is 0.417 e. The molecule has 2 N–H and O–H groups in total. The maximum absolute atomic E-state index is 13.4. The number of hydrogen-bond donors (Lipinski definition) is 1. The molecule has 0 fully saturated rings. The minimum absolute atomic E-state index is 0.135. The van der Waals surface area contributed by atoms with E-state index in [4.69, 9.17) is 5.73 Å². The van der Waals surface area contributed by atoms with Gasteiger partial charge in [0.2, 0.25) is 0 Å². The van der Waals surface area contributed by atoms with Crippen LogP contribution in [-0.2, 0) is 6.18 Å². The average Bonchev–Trinajstić information content (AvgIpc) is 2.11. The standard InChI is InChI=1S/C11H9F4N/c1-3-4-7-9(11(13,14)15)6(2)5-8(16)10(7)12/h5H,16H2,1-2H3. The van der Waals surface area contributed by atoms with E-state index in [-0.39, 0.29) is 11.3 Å². The average molecular weight is 231 g/mol. The van der Waals surface area contributed by atoms with E-state index < -0.39 is 23.1 Å². The van der Waals surface area contributed by atoms with Crippen molar-refractivity contribution in [3.05, 3.63) is 28.6 Å². The van der Waals surface area contributed by atoms with E-state index in [1.165, 1.54) is 13.8 Å². The van der Waals surface area contributed by atoms with Crippen LogP contribution in [0.5, 0.6) is 0 Å². The number of nitrogens with two attached hydrogens (primary N) is 1. The van der Waals surface area contributed by atoms with Crippen LogP contribution in [0.3, 0.4) is 0 Å². The fourth-order valence-electron chi connectivity index (χ4n) is 1.43. The summed E-state index contributed by atoms with van der Waals surface area (Å²) in [5, 5.41) is 0. The van der Waals surface area contributed by atoms with Crippen molar-refractivity contribution < 1.29 is 17.6 Å². The minimum Gasteiger partial charge on any atom is -0.396 e. The van der Waals surface area contributed by atoms with E-state index in [0.717, 1.165) is 6.07 Å². The fraction of sp³-hybridized carbons (Fsp3) is 0.273. The number of rotatable bonds is 0. The first-order chi connectivity index (χ1) is 7.29. The highest BCUT2D eigenvalue weighted by Gasteiger charge is 2.36. The molecule has 0 unspecified atom stereocenters. The number of anilines is 1. The minimum atomic E-state index is -4.64. The molecule has 0 saturated heterocycles. The highest BCUT2D eigenvalue weighted by Crippen LogP contribution is 2.36. The highest BCUT2D eigenvalue weighted by molar-refractivity contribution is 5.57. The summed E-state index contributed by atoms with van der Waals surface area (Å²) in [6.45, 7) is 2.55. The van der Waals surface area contributed by atoms with Crippen LogP contribution >= 0.6 is 0 Å². The van der Waals surface area contributed by atoms with Gasteiger partial charge in [-0.05, 0) is 25.5 Å². The molecule has 0 bridgehead atoms. The summed E-state index contributed by atoms with van der Waals surface area (Å²) < 4.78 is 51.4. The van der Waals surface area contributed by atoms with Gasteiger partial charge in [0, 0.05) is 0 Å². The fourth-order valence-corrected chi connectivity index (χ4v) is 1.43. The largest absolute Gasteiger partial charge is 0.417 e. The lowest BCUT2D eigenvalue weighted by Gasteiger charge is -2.14. The molecule has 0 radical (unpaired) electrons. The zero-order valence-corrected chi connectivity index (χ0v) is 8.67. The van der Waals surface area contributed by atoms with Crippen molar-refractivity contribution in [1.82, 2.24) is 0 Å². The van der Waals surface area contributed by atoms with Crippen LogP contribution in [0, 0.1) is 24.6 Å². The molecule has 0 aliphatic rings. The Bertz CT molecular complexity index is 477. The molecule has 0 amide bonds. The molecule has 1 aromatic rings. The van der Waals surface area contributed by atoms with Crippen LogP contribution in [0.4, 0.5) is 23.2 Å². The molecule has 1 aromatic carbocycles. The van der Waals surface area contributed by atoms with E-state index in [0.29, 0.717) is 0 Å². The first-order valence-corrected chi connectivity index (χ1v) is 4.37. The smallest absolute Gasteiger partial charge is 0.396 e. The predicted molar refractivity (Wildman–Crippen MR) is 53.1 cm³/mol. The molecule has 86 valence electrons. The second kappa shape index (κ2) is 4.05. The van der Waals surface area contributed by atoms with E-state index in [1.54, 1.807) is 0 Å². The maximum atomic E-state index is 13.4. The number of hydrogen-bond acceptors (Lipinski definition) is 1. The number of nitrogen functional groups attached to an aromatic ring is 1. The van der Waals surface area contributed by atoms with Crippen LogP contribution in [0.1, 0.15) is 23.6 Å². The van der Waals surface area contributed by atoms with Crippen LogP contribution in [0.2, 0.25) is 0 Å². The molecular formula is C11H9F4N. The van der Waals surface area contributed by atoms with Crippen LogP contribution < -0.4 is 5.73 Å². The highest BCUT2D eigenvalue weighted by atomic mass is 19.4. The third kappa shape index (κ3) is 2.11. The third-order valence-electron chi connectivity index (χ3n) is 2.02. The summed E-state index contributed by atoms with van der Waals surface area (Å²) in [7, 11) is 0. The normalized spacial score (nSPS) is 10.9. The SMILES string of the molecule is CC#Cc1c(F)c(N)cc(C)c1C(F)(F)F. The molecule has 0 heterocycles. The van der Waals surface area contributed by atoms with Gasteiger partial charge >= 0.3 is 6.18 Å². The monoisotopic (exact) mass is 231 g/mol. The number of alkyl halides is 3. The van der Waals surface area contributed by atoms with E-state index in [2.05, 4.69) is 11.8 Å². The summed E-state index contributed by atoms with van der Waals surface area (Å²) in [6, 6.07) is 0.957. The quantitative estimate of drug-likeness (QED) is 0.414. The lowest BCUT2D eigenvalue weighted by atomic mass is 10.00. The van der Waals surface area contributed by atoms with Crippen molar-refractivity contribution in [3.8, 4) is 11.8 Å². The van der Waals surface area contributed by atoms with Gasteiger partial charge in [-0.1, -0.05) is 5.92 Å². The Morgan fingerprint density at radius 1 is 1.31 bits per heavy atom. The topological polar surface area (TPSA) is 26.0 Å². The summed E-state index contributed by atoms with van der Waals surface area (Å²) in [6.07, 6.45) is -4.64. The molecule has 1 rings (SSSR count). The third-order valence-corrected chi connectivity index (χ3v) is 2.02. The molecule has 16 heavy (non-hydrogen) atoms. The summed E-state index contributed by atoms with van der Waals surface area (Å²) >= 11 is 0. The van der Waals surface area contributed by atoms with Crippen molar-refractivity contribution in [2.75, 3.05) is 5.73 Å². The molecule has 0 aliphatic heterocycles. The van der Waals surface area contributed by atoms with Crippen LogP contribution in [0.15, 0.2) is 6.07 Å². The van der Waals surface area contributed by atoms with Crippen molar-refractivity contribution in [1.29, 1.82) is 0 Å². The Kier molecular flexibility index (Phi) is 3.13. The van der Waals surface area contributed by atoms with Gasteiger partial charge in [-0.2, -0.15) is 13.2 Å². The van der Waals surface area contributed by atoms with Crippen LogP contribution in [-0.4, -0.2) is 0 Å². The van der Waals surface area contributed by atoms with Gasteiger partial charge in [-0.3, -0.25) is 0 Å². The first-order valence-electron chi connectivity index (χ1n) is 4.37. The van der Waals surface area contributed by atoms with Gasteiger partial charge in [-0.15, -0.1) is 5.92 Å². The van der Waals surface area contributed by atoms with E-state index >= 15 is 0 Å². The molecule has 1 nitrogen and oxygen atoms in total. The van der Waals surface area contributed by atoms with Crippen molar-refractivity contribution in [2.45, 2.75) is 20.0 Å². The van der Waals surface area contributed by atoms with E-state index in [1.807, 2.05) is 0 Å². The molecule has 0 atom stereocenters. The molecule has 0 aromatic heterocycles. The van der Waals surface area contributed by atoms with Gasteiger partial charge < -0.3 is 5.73 Å². The molecule has 0 spiro atoms. The summed E-state index contributed by atoms with van der Waals surface area (Å²) in [5.74, 6) is 3.24. The lowest BCUT2D eigenvalue weighted by molar-refractivity contribution is -0.138.